The second-order valence-corrected chi connectivity index (χ2v) is 5.37. The highest BCUT2D eigenvalue weighted by Gasteiger charge is 2.36. The van der Waals surface area contributed by atoms with E-state index in [-0.39, 0.29) is 18.4 Å². The van der Waals surface area contributed by atoms with Gasteiger partial charge >= 0.3 is 6.18 Å². The van der Waals surface area contributed by atoms with Crippen molar-refractivity contribution < 1.29 is 18.3 Å². The minimum Gasteiger partial charge on any atom is -0.391 e. The smallest absolute Gasteiger partial charge is 0.391 e. The van der Waals surface area contributed by atoms with Gasteiger partial charge in [-0.1, -0.05) is 0 Å². The highest BCUT2D eigenvalue weighted by atomic mass is 19.4. The molecule has 2 aromatic rings. The van der Waals surface area contributed by atoms with Gasteiger partial charge in [-0.05, 0) is 12.5 Å². The summed E-state index contributed by atoms with van der Waals surface area (Å²) in [6.45, 7) is 0.547. The van der Waals surface area contributed by atoms with Crippen molar-refractivity contribution in [1.82, 2.24) is 19.9 Å². The van der Waals surface area contributed by atoms with Crippen LogP contribution in [0.2, 0.25) is 0 Å². The Balaban J connectivity index is 1.73. The van der Waals surface area contributed by atoms with Crippen LogP contribution in [0.3, 0.4) is 0 Å². The van der Waals surface area contributed by atoms with Crippen molar-refractivity contribution in [3.63, 3.8) is 0 Å². The van der Waals surface area contributed by atoms with Crippen molar-refractivity contribution in [3.05, 3.63) is 42.2 Å². The molecule has 122 valence electrons. The van der Waals surface area contributed by atoms with Gasteiger partial charge in [-0.3, -0.25) is 9.97 Å². The Hall–Kier alpha value is -2.29. The lowest BCUT2D eigenvalue weighted by molar-refractivity contribution is -0.141. The molecule has 1 aliphatic heterocycles. The first-order valence-electron chi connectivity index (χ1n) is 7.01. The first kappa shape index (κ1) is 15.6. The van der Waals surface area contributed by atoms with Gasteiger partial charge in [0.25, 0.3) is 0 Å². The maximum atomic E-state index is 12.7. The molecule has 0 spiro atoms. The van der Waals surface area contributed by atoms with Crippen LogP contribution in [0, 0.1) is 5.92 Å². The number of rotatable bonds is 3. The van der Waals surface area contributed by atoms with Crippen molar-refractivity contribution in [2.75, 3.05) is 18.0 Å². The molecule has 0 radical (unpaired) electrons. The fraction of sp³-hybridized carbons (Fsp3) is 0.429. The lowest BCUT2D eigenvalue weighted by Gasteiger charge is -2.17. The predicted molar refractivity (Wildman–Crippen MR) is 74.5 cm³/mol. The van der Waals surface area contributed by atoms with Crippen molar-refractivity contribution in [2.45, 2.75) is 18.7 Å². The van der Waals surface area contributed by atoms with Crippen LogP contribution in [0.5, 0.6) is 0 Å². The normalized spacial score (nSPS) is 21.7. The van der Waals surface area contributed by atoms with Gasteiger partial charge in [0.1, 0.15) is 5.69 Å². The van der Waals surface area contributed by atoms with E-state index in [1.807, 2.05) is 0 Å². The zero-order valence-corrected chi connectivity index (χ0v) is 12.0. The lowest BCUT2D eigenvalue weighted by Crippen LogP contribution is -2.24. The molecule has 1 N–H and O–H groups in total. The highest BCUT2D eigenvalue weighted by Crippen LogP contribution is 2.29. The molecule has 1 aliphatic rings. The van der Waals surface area contributed by atoms with Gasteiger partial charge in [0.2, 0.25) is 5.95 Å². The lowest BCUT2D eigenvalue weighted by atomic mass is 10.0. The summed E-state index contributed by atoms with van der Waals surface area (Å²) < 4.78 is 38.2. The predicted octanol–water partition coefficient (Wildman–Crippen LogP) is 1.33. The molecule has 6 nitrogen and oxygen atoms in total. The maximum Gasteiger partial charge on any atom is 0.433 e. The van der Waals surface area contributed by atoms with E-state index >= 15 is 0 Å². The Morgan fingerprint density at radius 3 is 2.70 bits per heavy atom. The molecule has 0 aliphatic carbocycles. The fourth-order valence-electron chi connectivity index (χ4n) is 2.58. The third-order valence-corrected chi connectivity index (χ3v) is 3.71. The van der Waals surface area contributed by atoms with Crippen LogP contribution in [0.15, 0.2) is 30.9 Å². The number of β-amino-alcohol motifs (C(OH)–C–C–N with tert-alkyl or cyclic N) is 1. The standard InChI is InChI=1S/C14H14F3N5O/c15-14(16,17)12-1-2-20-13(21-12)22-7-9(11(23)8-22)5-10-6-18-3-4-19-10/h1-4,6,9,11,23H,5,7-8H2/t9-,11-/m1/s1. The van der Waals surface area contributed by atoms with E-state index in [0.717, 1.165) is 18.0 Å². The summed E-state index contributed by atoms with van der Waals surface area (Å²) in [5.74, 6) is -0.189. The Bertz CT molecular complexity index is 667. The van der Waals surface area contributed by atoms with E-state index in [1.54, 1.807) is 23.5 Å². The van der Waals surface area contributed by atoms with Crippen LogP contribution in [0.4, 0.5) is 19.1 Å². The van der Waals surface area contributed by atoms with Crippen LogP contribution < -0.4 is 4.90 Å². The number of alkyl halides is 3. The van der Waals surface area contributed by atoms with E-state index in [4.69, 9.17) is 0 Å². The van der Waals surface area contributed by atoms with Gasteiger partial charge in [0.05, 0.1) is 11.8 Å². The van der Waals surface area contributed by atoms with Crippen LogP contribution in [-0.2, 0) is 12.6 Å². The summed E-state index contributed by atoms with van der Waals surface area (Å²) in [5, 5.41) is 10.1. The summed E-state index contributed by atoms with van der Waals surface area (Å²) >= 11 is 0. The molecule has 0 amide bonds. The van der Waals surface area contributed by atoms with Gasteiger partial charge in [0.15, 0.2) is 0 Å². The quantitative estimate of drug-likeness (QED) is 0.917. The zero-order valence-electron chi connectivity index (χ0n) is 12.0. The summed E-state index contributed by atoms with van der Waals surface area (Å²) in [6, 6.07) is 0.826. The highest BCUT2D eigenvalue weighted by molar-refractivity contribution is 5.33. The first-order valence-corrected chi connectivity index (χ1v) is 7.01. The van der Waals surface area contributed by atoms with Crippen molar-refractivity contribution in [1.29, 1.82) is 0 Å². The van der Waals surface area contributed by atoms with Gasteiger partial charge in [-0.25, -0.2) is 9.97 Å². The topological polar surface area (TPSA) is 75.0 Å². The molecule has 0 saturated carbocycles. The number of aromatic nitrogens is 4. The number of halogens is 3. The molecule has 1 saturated heterocycles. The van der Waals surface area contributed by atoms with Crippen molar-refractivity contribution >= 4 is 5.95 Å². The minimum absolute atomic E-state index is 0.0273. The van der Waals surface area contributed by atoms with Gasteiger partial charge < -0.3 is 10.0 Å². The molecule has 0 unspecified atom stereocenters. The van der Waals surface area contributed by atoms with Crippen LogP contribution in [-0.4, -0.2) is 44.2 Å². The molecule has 2 aromatic heterocycles. The SMILES string of the molecule is O[C@@H]1CN(c2nccc(C(F)(F)F)n2)C[C@H]1Cc1cnccn1. The van der Waals surface area contributed by atoms with E-state index < -0.39 is 18.0 Å². The van der Waals surface area contributed by atoms with Crippen LogP contribution in [0.25, 0.3) is 0 Å². The molecular weight excluding hydrogens is 311 g/mol. The van der Waals surface area contributed by atoms with E-state index in [2.05, 4.69) is 19.9 Å². The number of aliphatic hydroxyl groups excluding tert-OH is 1. The second-order valence-electron chi connectivity index (χ2n) is 5.37. The molecular formula is C14H14F3N5O. The third kappa shape index (κ3) is 3.55. The Morgan fingerprint density at radius 2 is 2.00 bits per heavy atom. The molecule has 0 bridgehead atoms. The summed E-state index contributed by atoms with van der Waals surface area (Å²) in [5.41, 5.74) is -0.266. The maximum absolute atomic E-state index is 12.7. The van der Waals surface area contributed by atoms with E-state index in [1.165, 1.54) is 0 Å². The van der Waals surface area contributed by atoms with Crippen LogP contribution >= 0.6 is 0 Å². The molecule has 3 rings (SSSR count). The molecule has 3 heterocycles. The molecule has 9 heteroatoms. The molecule has 0 aromatic carbocycles. The molecule has 23 heavy (non-hydrogen) atoms. The first-order chi connectivity index (χ1) is 10.9. The van der Waals surface area contributed by atoms with Crippen molar-refractivity contribution in [3.8, 4) is 0 Å². The number of hydrogen-bond donors (Lipinski definition) is 1. The minimum atomic E-state index is -4.52. The Morgan fingerprint density at radius 1 is 1.17 bits per heavy atom. The monoisotopic (exact) mass is 325 g/mol. The second kappa shape index (κ2) is 6.07. The Labute approximate surface area is 130 Å². The molecule has 2 atom stereocenters. The average Bonchev–Trinajstić information content (AvgIpc) is 2.89. The zero-order chi connectivity index (χ0) is 16.4. The van der Waals surface area contributed by atoms with Gasteiger partial charge in [-0.2, -0.15) is 13.2 Å². The summed E-state index contributed by atoms with van der Waals surface area (Å²) in [4.78, 5) is 17.1. The average molecular weight is 325 g/mol. The largest absolute Gasteiger partial charge is 0.433 e. The number of nitrogens with zero attached hydrogens (tertiary/aromatic N) is 5. The van der Waals surface area contributed by atoms with Crippen LogP contribution in [0.1, 0.15) is 11.4 Å². The van der Waals surface area contributed by atoms with Crippen molar-refractivity contribution in [2.24, 2.45) is 5.92 Å². The fourth-order valence-corrected chi connectivity index (χ4v) is 2.58. The van der Waals surface area contributed by atoms with E-state index in [9.17, 15) is 18.3 Å². The number of aliphatic hydroxyl groups is 1. The number of hydrogen-bond acceptors (Lipinski definition) is 6. The molecule has 1 fully saturated rings. The van der Waals surface area contributed by atoms with Gasteiger partial charge in [0, 0.05) is 43.8 Å². The summed E-state index contributed by atoms with van der Waals surface area (Å²) in [6.07, 6.45) is 1.08. The Kier molecular flexibility index (Phi) is 4.12. The van der Waals surface area contributed by atoms with Gasteiger partial charge in [-0.15, -0.1) is 0 Å². The third-order valence-electron chi connectivity index (χ3n) is 3.71. The summed E-state index contributed by atoms with van der Waals surface area (Å²) in [7, 11) is 0. The van der Waals surface area contributed by atoms with E-state index in [0.29, 0.717) is 13.0 Å². The number of anilines is 1.